The lowest BCUT2D eigenvalue weighted by Crippen LogP contribution is -2.29. The minimum absolute atomic E-state index is 0. The van der Waals surface area contributed by atoms with Crippen LogP contribution in [-0.4, -0.2) is 15.8 Å². The minimum atomic E-state index is -0.172. The zero-order valence-corrected chi connectivity index (χ0v) is 13.8. The number of hydrogen-bond donors (Lipinski definition) is 1. The molecule has 3 aromatic rings. The Labute approximate surface area is 144 Å². The van der Waals surface area contributed by atoms with Crippen LogP contribution in [0.1, 0.15) is 45.9 Å². The summed E-state index contributed by atoms with van der Waals surface area (Å²) < 4.78 is 8.19. The maximum Gasteiger partial charge on any atom is 0.138 e. The van der Waals surface area contributed by atoms with E-state index in [0.29, 0.717) is 6.04 Å². The second kappa shape index (κ2) is 7.49. The second-order valence-electron chi connectivity index (χ2n) is 6.21. The Morgan fingerprint density at radius 1 is 1.04 bits per heavy atom. The highest BCUT2D eigenvalue weighted by Gasteiger charge is 2.18. The molecule has 0 saturated heterocycles. The molecule has 4 heteroatoms. The van der Waals surface area contributed by atoms with Crippen molar-refractivity contribution in [2.24, 2.45) is 5.73 Å². The van der Waals surface area contributed by atoms with E-state index >= 15 is 0 Å². The van der Waals surface area contributed by atoms with E-state index in [1.54, 1.807) is 0 Å². The molecule has 128 valence electrons. The lowest BCUT2D eigenvalue weighted by molar-refractivity contribution is 0.180. The third kappa shape index (κ3) is 3.60. The molecule has 3 rings (SSSR count). The molecule has 0 aliphatic carbocycles. The van der Waals surface area contributed by atoms with E-state index in [1.807, 2.05) is 60.3 Å². The van der Waals surface area contributed by atoms with Gasteiger partial charge < -0.3 is 10.5 Å². The van der Waals surface area contributed by atoms with Gasteiger partial charge in [0.1, 0.15) is 11.9 Å². The molecule has 4 nitrogen and oxygen atoms in total. The molecule has 0 bridgehead atoms. The van der Waals surface area contributed by atoms with Crippen molar-refractivity contribution in [1.82, 2.24) is 9.78 Å². The van der Waals surface area contributed by atoms with Gasteiger partial charge in [0.25, 0.3) is 0 Å². The average molecular weight is 325 g/mol. The summed E-state index contributed by atoms with van der Waals surface area (Å²) in [5.41, 5.74) is 8.33. The van der Waals surface area contributed by atoms with Gasteiger partial charge in [-0.2, -0.15) is 5.10 Å². The van der Waals surface area contributed by atoms with Gasteiger partial charge >= 0.3 is 0 Å². The third-order valence-electron chi connectivity index (χ3n) is 3.92. The highest BCUT2D eigenvalue weighted by Crippen LogP contribution is 2.28. The highest BCUT2D eigenvalue weighted by molar-refractivity contribution is 5.80. The quantitative estimate of drug-likeness (QED) is 0.738. The Kier molecular flexibility index (Phi) is 5.62. The van der Waals surface area contributed by atoms with E-state index in [0.717, 1.165) is 22.2 Å². The van der Waals surface area contributed by atoms with Crippen molar-refractivity contribution in [3.05, 3.63) is 60.3 Å². The van der Waals surface area contributed by atoms with Crippen molar-refractivity contribution >= 4 is 10.9 Å². The SMILES string of the molecule is C.CC(C)n1ncc2cc(O[C@H](c3ccccc3)[C@H](C)N)ccc21. The Morgan fingerprint density at radius 3 is 2.38 bits per heavy atom. The van der Waals surface area contributed by atoms with Gasteiger partial charge in [0, 0.05) is 17.5 Å². The fourth-order valence-electron chi connectivity index (χ4n) is 2.78. The van der Waals surface area contributed by atoms with E-state index in [4.69, 9.17) is 10.5 Å². The number of benzene rings is 2. The van der Waals surface area contributed by atoms with Crippen molar-refractivity contribution < 1.29 is 4.74 Å². The van der Waals surface area contributed by atoms with Gasteiger partial charge in [-0.3, -0.25) is 4.68 Å². The lowest BCUT2D eigenvalue weighted by Gasteiger charge is -2.23. The summed E-state index contributed by atoms with van der Waals surface area (Å²) in [6.07, 6.45) is 1.71. The van der Waals surface area contributed by atoms with Crippen LogP contribution in [0, 0.1) is 0 Å². The van der Waals surface area contributed by atoms with Gasteiger partial charge in [-0.15, -0.1) is 0 Å². The van der Waals surface area contributed by atoms with Crippen LogP contribution in [0.3, 0.4) is 0 Å². The predicted molar refractivity (Wildman–Crippen MR) is 100 cm³/mol. The van der Waals surface area contributed by atoms with Crippen LogP contribution in [0.15, 0.2) is 54.7 Å². The van der Waals surface area contributed by atoms with Gasteiger partial charge in [-0.25, -0.2) is 0 Å². The second-order valence-corrected chi connectivity index (χ2v) is 6.21. The molecule has 24 heavy (non-hydrogen) atoms. The Morgan fingerprint density at radius 2 is 1.75 bits per heavy atom. The standard InChI is InChI=1S/C19H23N3O.CH4/c1-13(2)22-18-10-9-17(11-16(18)12-21-22)23-19(14(3)20)15-7-5-4-6-8-15;/h4-14,19H,20H2,1-3H3;1H4/t14-,19-;/m0./s1. The van der Waals surface area contributed by atoms with E-state index in [9.17, 15) is 0 Å². The molecule has 2 atom stereocenters. The maximum absolute atomic E-state index is 6.18. The molecule has 2 aromatic carbocycles. The molecule has 2 N–H and O–H groups in total. The van der Waals surface area contributed by atoms with Gasteiger partial charge in [0.15, 0.2) is 0 Å². The van der Waals surface area contributed by atoms with Gasteiger partial charge in [-0.05, 0) is 44.5 Å². The number of nitrogens with two attached hydrogens (primary N) is 1. The summed E-state index contributed by atoms with van der Waals surface area (Å²) in [5, 5.41) is 5.52. The van der Waals surface area contributed by atoms with Crippen molar-refractivity contribution in [1.29, 1.82) is 0 Å². The Balaban J connectivity index is 0.00000208. The number of nitrogens with zero attached hydrogens (tertiary/aromatic N) is 2. The number of hydrogen-bond acceptors (Lipinski definition) is 3. The van der Waals surface area contributed by atoms with E-state index in [1.165, 1.54) is 0 Å². The van der Waals surface area contributed by atoms with Crippen LogP contribution >= 0.6 is 0 Å². The summed E-state index contributed by atoms with van der Waals surface area (Å²) in [7, 11) is 0. The third-order valence-corrected chi connectivity index (χ3v) is 3.92. The first-order chi connectivity index (χ1) is 11.1. The Bertz CT molecular complexity index is 778. The molecule has 0 aliphatic rings. The first-order valence-corrected chi connectivity index (χ1v) is 8.00. The topological polar surface area (TPSA) is 53.1 Å². The first-order valence-electron chi connectivity index (χ1n) is 8.00. The molecule has 0 unspecified atom stereocenters. The van der Waals surface area contributed by atoms with Crippen molar-refractivity contribution in [2.45, 2.75) is 46.4 Å². The molecular formula is C20H27N3O. The van der Waals surface area contributed by atoms with Gasteiger partial charge in [-0.1, -0.05) is 37.8 Å². The van der Waals surface area contributed by atoms with E-state index in [2.05, 4.69) is 25.0 Å². The number of fused-ring (bicyclic) bond motifs is 1. The molecule has 0 saturated carbocycles. The fourth-order valence-corrected chi connectivity index (χ4v) is 2.78. The molecule has 0 fully saturated rings. The molecule has 0 radical (unpaired) electrons. The summed E-state index contributed by atoms with van der Waals surface area (Å²) in [5.74, 6) is 0.812. The smallest absolute Gasteiger partial charge is 0.138 e. The predicted octanol–water partition coefficient (Wildman–Crippen LogP) is 4.72. The number of rotatable bonds is 5. The lowest BCUT2D eigenvalue weighted by atomic mass is 10.0. The molecule has 1 heterocycles. The molecule has 1 aromatic heterocycles. The summed E-state index contributed by atoms with van der Waals surface area (Å²) in [4.78, 5) is 0. The summed E-state index contributed by atoms with van der Waals surface area (Å²) in [6, 6.07) is 16.4. The van der Waals surface area contributed by atoms with Crippen molar-refractivity contribution in [2.75, 3.05) is 0 Å². The normalized spacial score (nSPS) is 13.5. The van der Waals surface area contributed by atoms with Crippen LogP contribution in [0.25, 0.3) is 10.9 Å². The van der Waals surface area contributed by atoms with Crippen LogP contribution in [0.5, 0.6) is 5.75 Å². The molecule has 0 amide bonds. The van der Waals surface area contributed by atoms with Crippen molar-refractivity contribution in [3.8, 4) is 5.75 Å². The average Bonchev–Trinajstić information content (AvgIpc) is 2.96. The maximum atomic E-state index is 6.18. The fraction of sp³-hybridized carbons (Fsp3) is 0.350. The van der Waals surface area contributed by atoms with Crippen molar-refractivity contribution in [3.63, 3.8) is 0 Å². The van der Waals surface area contributed by atoms with Gasteiger partial charge in [0.2, 0.25) is 0 Å². The van der Waals surface area contributed by atoms with Crippen LogP contribution < -0.4 is 10.5 Å². The van der Waals surface area contributed by atoms with E-state index < -0.39 is 0 Å². The zero-order chi connectivity index (χ0) is 16.4. The van der Waals surface area contributed by atoms with Gasteiger partial charge in [0.05, 0.1) is 11.7 Å². The molecule has 0 spiro atoms. The summed E-state index contributed by atoms with van der Waals surface area (Å²) in [6.45, 7) is 6.21. The molecular weight excluding hydrogens is 298 g/mol. The zero-order valence-electron chi connectivity index (χ0n) is 13.8. The van der Waals surface area contributed by atoms with Crippen LogP contribution in [-0.2, 0) is 0 Å². The largest absolute Gasteiger partial charge is 0.484 e. The monoisotopic (exact) mass is 325 g/mol. The highest BCUT2D eigenvalue weighted by atomic mass is 16.5. The molecule has 0 aliphatic heterocycles. The van der Waals surface area contributed by atoms with E-state index in [-0.39, 0.29) is 19.6 Å². The number of aromatic nitrogens is 2. The minimum Gasteiger partial charge on any atom is -0.484 e. The summed E-state index contributed by atoms with van der Waals surface area (Å²) >= 11 is 0. The van der Waals surface area contributed by atoms with Crippen LogP contribution in [0.4, 0.5) is 0 Å². The Hall–Kier alpha value is -2.33. The van der Waals surface area contributed by atoms with Crippen LogP contribution in [0.2, 0.25) is 0 Å². The first kappa shape index (κ1) is 18.0. The number of ether oxygens (including phenoxy) is 1.